The summed E-state index contributed by atoms with van der Waals surface area (Å²) in [6, 6.07) is 5.35. The second-order valence-corrected chi connectivity index (χ2v) is 9.75. The van der Waals surface area contributed by atoms with Gasteiger partial charge in [0.05, 0.1) is 35.1 Å². The molecule has 8 nitrogen and oxygen atoms in total. The fraction of sp³-hybridized carbons (Fsp3) is 0.391. The van der Waals surface area contributed by atoms with Crippen molar-refractivity contribution in [3.05, 3.63) is 41.9 Å². The summed E-state index contributed by atoms with van der Waals surface area (Å²) in [5.41, 5.74) is 8.00. The van der Waals surface area contributed by atoms with Crippen molar-refractivity contribution in [2.75, 3.05) is 23.4 Å². The lowest BCUT2D eigenvalue weighted by molar-refractivity contribution is 0.0445. The number of hydrogen-bond acceptors (Lipinski definition) is 9. The Morgan fingerprint density at radius 3 is 2.88 bits per heavy atom. The molecular formula is C23H25N5O3S. The van der Waals surface area contributed by atoms with Crippen molar-refractivity contribution in [1.82, 2.24) is 15.0 Å². The topological polar surface area (TPSA) is 112 Å². The number of cyclic esters (lactones) is 1. The maximum Gasteiger partial charge on any atom is 0.340 e. The van der Waals surface area contributed by atoms with E-state index >= 15 is 0 Å². The molecule has 0 aromatic carbocycles. The average molecular weight is 452 g/mol. The van der Waals surface area contributed by atoms with Crippen LogP contribution in [0.3, 0.4) is 0 Å². The zero-order valence-electron chi connectivity index (χ0n) is 18.0. The summed E-state index contributed by atoms with van der Waals surface area (Å²) < 4.78 is 11.3. The Balaban J connectivity index is 1.38. The molecule has 0 bridgehead atoms. The molecule has 1 unspecified atom stereocenters. The number of pyridine rings is 3. The van der Waals surface area contributed by atoms with Gasteiger partial charge in [0.25, 0.3) is 0 Å². The standard InChI is InChI=1S/C23H25N5O3S/c1-3-32-14-6-13(7-14)31-22-17-9-25-20(8-16(17)18(24)10-26-22)27-19-5-4-15-21(28-19)12(2)11-30-23(15)29/h4-5,8-10,12-14H,3,6-7,11,24H2,1-2H3,(H,25,27,28). The molecule has 32 heavy (non-hydrogen) atoms. The Bertz CT molecular complexity index is 1180. The first-order valence-corrected chi connectivity index (χ1v) is 11.8. The lowest BCUT2D eigenvalue weighted by atomic mass is 9.95. The highest BCUT2D eigenvalue weighted by atomic mass is 32.2. The molecule has 1 fully saturated rings. The van der Waals surface area contributed by atoms with Crippen molar-refractivity contribution in [3.8, 4) is 5.88 Å². The van der Waals surface area contributed by atoms with Crippen molar-refractivity contribution in [1.29, 1.82) is 0 Å². The van der Waals surface area contributed by atoms with Crippen LogP contribution in [0, 0.1) is 0 Å². The molecule has 1 atom stereocenters. The summed E-state index contributed by atoms with van der Waals surface area (Å²) >= 11 is 1.98. The van der Waals surface area contributed by atoms with Crippen LogP contribution in [0.5, 0.6) is 5.88 Å². The van der Waals surface area contributed by atoms with Gasteiger partial charge in [0.15, 0.2) is 0 Å². The molecule has 3 aromatic heterocycles. The van der Waals surface area contributed by atoms with Crippen LogP contribution in [0.25, 0.3) is 10.8 Å². The molecule has 0 amide bonds. The zero-order valence-corrected chi connectivity index (χ0v) is 18.8. The number of thioether (sulfide) groups is 1. The summed E-state index contributed by atoms with van der Waals surface area (Å²) in [6.45, 7) is 4.50. The second-order valence-electron chi connectivity index (χ2n) is 8.18. The van der Waals surface area contributed by atoms with Crippen LogP contribution >= 0.6 is 11.8 Å². The highest BCUT2D eigenvalue weighted by Gasteiger charge is 2.31. The molecule has 5 rings (SSSR count). The number of esters is 1. The molecule has 1 saturated carbocycles. The highest BCUT2D eigenvalue weighted by Crippen LogP contribution is 2.37. The normalized spacial score (nSPS) is 22.1. The van der Waals surface area contributed by atoms with Crippen LogP contribution in [0.2, 0.25) is 0 Å². The van der Waals surface area contributed by atoms with Crippen LogP contribution in [0.4, 0.5) is 17.3 Å². The number of rotatable bonds is 6. The van der Waals surface area contributed by atoms with E-state index in [1.807, 2.05) is 24.8 Å². The predicted molar refractivity (Wildman–Crippen MR) is 126 cm³/mol. The average Bonchev–Trinajstić information content (AvgIpc) is 2.77. The highest BCUT2D eigenvalue weighted by molar-refractivity contribution is 7.99. The lowest BCUT2D eigenvalue weighted by Gasteiger charge is -2.34. The Labute approximate surface area is 190 Å². The Morgan fingerprint density at radius 2 is 2.06 bits per heavy atom. The van der Waals surface area contributed by atoms with Gasteiger partial charge in [-0.25, -0.2) is 19.7 Å². The van der Waals surface area contributed by atoms with E-state index in [-0.39, 0.29) is 18.0 Å². The minimum Gasteiger partial charge on any atom is -0.474 e. The molecule has 166 valence electrons. The Hall–Kier alpha value is -3.07. The quantitative estimate of drug-likeness (QED) is 0.530. The first kappa shape index (κ1) is 20.8. The number of nitrogen functional groups attached to an aromatic ring is 1. The van der Waals surface area contributed by atoms with E-state index in [4.69, 9.17) is 15.2 Å². The number of fused-ring (bicyclic) bond motifs is 2. The summed E-state index contributed by atoms with van der Waals surface area (Å²) in [5.74, 6) is 2.61. The van der Waals surface area contributed by atoms with Gasteiger partial charge in [-0.2, -0.15) is 11.8 Å². The van der Waals surface area contributed by atoms with E-state index in [1.54, 1.807) is 24.5 Å². The van der Waals surface area contributed by atoms with Gasteiger partial charge in [-0.3, -0.25) is 0 Å². The van der Waals surface area contributed by atoms with Gasteiger partial charge in [-0.1, -0.05) is 13.8 Å². The fourth-order valence-electron chi connectivity index (χ4n) is 4.02. The van der Waals surface area contributed by atoms with Crippen LogP contribution in [-0.4, -0.2) is 44.6 Å². The van der Waals surface area contributed by atoms with Gasteiger partial charge >= 0.3 is 5.97 Å². The third-order valence-electron chi connectivity index (χ3n) is 5.83. The van der Waals surface area contributed by atoms with Gasteiger partial charge in [0, 0.05) is 22.8 Å². The van der Waals surface area contributed by atoms with Crippen molar-refractivity contribution >= 4 is 45.8 Å². The summed E-state index contributed by atoms with van der Waals surface area (Å²) in [4.78, 5) is 25.5. The van der Waals surface area contributed by atoms with Gasteiger partial charge < -0.3 is 20.5 Å². The van der Waals surface area contributed by atoms with E-state index in [1.165, 1.54) is 0 Å². The van der Waals surface area contributed by atoms with E-state index in [9.17, 15) is 4.79 Å². The number of nitrogens with one attached hydrogen (secondary N) is 1. The molecule has 3 aromatic rings. The Kier molecular flexibility index (Phi) is 5.50. The number of nitrogens with zero attached hydrogens (tertiary/aromatic N) is 3. The second kappa shape index (κ2) is 8.46. The molecular weight excluding hydrogens is 426 g/mol. The number of hydrogen-bond donors (Lipinski definition) is 2. The maximum absolute atomic E-state index is 11.9. The van der Waals surface area contributed by atoms with Crippen molar-refractivity contribution in [2.45, 2.75) is 44.0 Å². The lowest BCUT2D eigenvalue weighted by Crippen LogP contribution is -2.36. The van der Waals surface area contributed by atoms with Gasteiger partial charge in [0.2, 0.25) is 5.88 Å². The predicted octanol–water partition coefficient (Wildman–Crippen LogP) is 4.29. The van der Waals surface area contributed by atoms with Crippen LogP contribution < -0.4 is 15.8 Å². The molecule has 0 radical (unpaired) electrons. The molecule has 9 heteroatoms. The number of carbonyl (C=O) groups is 1. The third-order valence-corrected chi connectivity index (χ3v) is 7.02. The third kappa shape index (κ3) is 3.92. The molecule has 3 N–H and O–H groups in total. The summed E-state index contributed by atoms with van der Waals surface area (Å²) in [5, 5.41) is 5.50. The number of ether oxygens (including phenoxy) is 2. The van der Waals surface area contributed by atoms with E-state index in [2.05, 4.69) is 27.2 Å². The number of anilines is 3. The van der Waals surface area contributed by atoms with E-state index in [0.29, 0.717) is 40.6 Å². The van der Waals surface area contributed by atoms with Crippen LogP contribution in [0.1, 0.15) is 48.7 Å². The minimum absolute atomic E-state index is 0.0391. The van der Waals surface area contributed by atoms with Crippen molar-refractivity contribution in [2.24, 2.45) is 0 Å². The molecule has 0 spiro atoms. The van der Waals surface area contributed by atoms with Crippen molar-refractivity contribution < 1.29 is 14.3 Å². The summed E-state index contributed by atoms with van der Waals surface area (Å²) in [7, 11) is 0. The van der Waals surface area contributed by atoms with Crippen molar-refractivity contribution in [3.63, 3.8) is 0 Å². The largest absolute Gasteiger partial charge is 0.474 e. The number of carbonyl (C=O) groups excluding carboxylic acids is 1. The first-order chi connectivity index (χ1) is 15.5. The van der Waals surface area contributed by atoms with E-state index in [0.717, 1.165) is 35.1 Å². The van der Waals surface area contributed by atoms with Gasteiger partial charge in [-0.05, 0) is 36.8 Å². The summed E-state index contributed by atoms with van der Waals surface area (Å²) in [6.07, 6.45) is 5.61. The van der Waals surface area contributed by atoms with Gasteiger partial charge in [-0.15, -0.1) is 0 Å². The zero-order chi connectivity index (χ0) is 22.2. The van der Waals surface area contributed by atoms with Gasteiger partial charge in [0.1, 0.15) is 17.7 Å². The molecule has 1 aliphatic heterocycles. The van der Waals surface area contributed by atoms with Crippen LogP contribution in [0.15, 0.2) is 30.6 Å². The smallest absolute Gasteiger partial charge is 0.340 e. The number of aromatic nitrogens is 3. The molecule has 4 heterocycles. The Morgan fingerprint density at radius 1 is 1.22 bits per heavy atom. The minimum atomic E-state index is -0.333. The first-order valence-electron chi connectivity index (χ1n) is 10.8. The monoisotopic (exact) mass is 451 g/mol. The van der Waals surface area contributed by atoms with E-state index < -0.39 is 0 Å². The molecule has 2 aliphatic rings. The number of nitrogens with two attached hydrogens (primary N) is 1. The maximum atomic E-state index is 11.9. The van der Waals surface area contributed by atoms with Crippen LogP contribution in [-0.2, 0) is 4.74 Å². The molecule has 0 saturated heterocycles. The fourth-order valence-corrected chi connectivity index (χ4v) is 5.19. The SMILES string of the molecule is CCSC1CC(Oc2ncc(N)c3cc(Nc4ccc5c(n4)C(C)COC5=O)ncc23)C1. The molecule has 1 aliphatic carbocycles.